The first-order valence-corrected chi connectivity index (χ1v) is 13.3. The van der Waals surface area contributed by atoms with Crippen molar-refractivity contribution in [1.82, 2.24) is 9.13 Å². The molecule has 0 unspecified atom stereocenters. The Kier molecular flexibility index (Phi) is 9.57. The van der Waals surface area contributed by atoms with E-state index in [1.165, 1.54) is 0 Å². The number of hydrogen-bond acceptors (Lipinski definition) is 8. The lowest BCUT2D eigenvalue weighted by molar-refractivity contribution is 0.0479. The summed E-state index contributed by atoms with van der Waals surface area (Å²) in [5, 5.41) is 0. The predicted molar refractivity (Wildman–Crippen MR) is 148 cm³/mol. The van der Waals surface area contributed by atoms with Crippen LogP contribution in [0.2, 0.25) is 0 Å². The molecule has 0 amide bonds. The van der Waals surface area contributed by atoms with Crippen molar-refractivity contribution >= 4 is 23.9 Å². The van der Waals surface area contributed by atoms with E-state index >= 15 is 0 Å². The quantitative estimate of drug-likeness (QED) is 0.249. The number of benzene rings is 1. The van der Waals surface area contributed by atoms with Crippen LogP contribution in [0.15, 0.2) is 24.3 Å². The highest BCUT2D eigenvalue weighted by Crippen LogP contribution is 2.31. The molecule has 0 spiro atoms. The maximum absolute atomic E-state index is 12.8. The summed E-state index contributed by atoms with van der Waals surface area (Å²) in [6.45, 7) is 14.4. The normalized spacial score (nSPS) is 10.8. The van der Waals surface area contributed by atoms with E-state index in [0.717, 1.165) is 0 Å². The molecule has 0 aliphatic carbocycles. The van der Waals surface area contributed by atoms with Crippen LogP contribution >= 0.6 is 0 Å². The highest BCUT2D eigenvalue weighted by atomic mass is 16.5. The summed E-state index contributed by atoms with van der Waals surface area (Å²) in [7, 11) is 0. The van der Waals surface area contributed by atoms with Crippen LogP contribution in [0.3, 0.4) is 0 Å². The molecule has 0 aliphatic heterocycles. The molecule has 40 heavy (non-hydrogen) atoms. The number of carbonyl (C=O) groups is 4. The second-order valence-corrected chi connectivity index (χ2v) is 8.91. The van der Waals surface area contributed by atoms with E-state index in [2.05, 4.69) is 0 Å². The molecular formula is C30H36N2O8. The van der Waals surface area contributed by atoms with Gasteiger partial charge in [0.05, 0.1) is 48.7 Å². The van der Waals surface area contributed by atoms with Crippen molar-refractivity contribution in [2.24, 2.45) is 0 Å². The van der Waals surface area contributed by atoms with E-state index in [1.54, 1.807) is 64.5 Å². The standard InChI is InChI=1S/C30H36N2O8/c1-9-37-27(33)23-17(5)31(18(6)24(23)28(34)38-10-2)21-13-15-22(16-14-21)32-19(7)25(29(35)39-11-3)26(20(32)8)30(36)40-12-4/h13-16H,9-12H2,1-8H3. The molecule has 0 atom stereocenters. The molecule has 0 saturated carbocycles. The van der Waals surface area contributed by atoms with Gasteiger partial charge in [-0.05, 0) is 79.7 Å². The second-order valence-electron chi connectivity index (χ2n) is 8.91. The van der Waals surface area contributed by atoms with Gasteiger partial charge in [-0.1, -0.05) is 0 Å². The molecule has 10 nitrogen and oxygen atoms in total. The van der Waals surface area contributed by atoms with Crippen molar-refractivity contribution in [3.05, 3.63) is 69.3 Å². The van der Waals surface area contributed by atoms with Gasteiger partial charge in [0.25, 0.3) is 0 Å². The van der Waals surface area contributed by atoms with Crippen molar-refractivity contribution in [2.75, 3.05) is 26.4 Å². The van der Waals surface area contributed by atoms with Crippen molar-refractivity contribution in [3.63, 3.8) is 0 Å². The molecule has 3 aromatic rings. The van der Waals surface area contributed by atoms with Gasteiger partial charge in [-0.2, -0.15) is 0 Å². The number of esters is 4. The summed E-state index contributed by atoms with van der Waals surface area (Å²) in [6, 6.07) is 7.30. The molecular weight excluding hydrogens is 516 g/mol. The van der Waals surface area contributed by atoms with Gasteiger partial charge in [0.1, 0.15) is 0 Å². The summed E-state index contributed by atoms with van der Waals surface area (Å²) in [5.41, 5.74) is 4.19. The summed E-state index contributed by atoms with van der Waals surface area (Å²) in [4.78, 5) is 51.3. The summed E-state index contributed by atoms with van der Waals surface area (Å²) in [6.07, 6.45) is 0. The van der Waals surface area contributed by atoms with Gasteiger partial charge in [0, 0.05) is 34.2 Å². The number of ether oxygens (including phenoxy) is 4. The lowest BCUT2D eigenvalue weighted by atomic mass is 10.1. The minimum absolute atomic E-state index is 0.163. The smallest absolute Gasteiger partial charge is 0.340 e. The number of nitrogens with zero attached hydrogens (tertiary/aromatic N) is 2. The van der Waals surface area contributed by atoms with Gasteiger partial charge in [0.15, 0.2) is 0 Å². The van der Waals surface area contributed by atoms with E-state index < -0.39 is 23.9 Å². The molecule has 214 valence electrons. The molecule has 3 rings (SSSR count). The predicted octanol–water partition coefficient (Wildman–Crippen LogP) is 5.21. The van der Waals surface area contributed by atoms with Crippen LogP contribution in [0, 0.1) is 27.7 Å². The van der Waals surface area contributed by atoms with Crippen molar-refractivity contribution in [3.8, 4) is 11.4 Å². The fourth-order valence-corrected chi connectivity index (χ4v) is 5.01. The Morgan fingerprint density at radius 2 is 0.675 bits per heavy atom. The van der Waals surface area contributed by atoms with E-state index in [0.29, 0.717) is 34.2 Å². The Bertz CT molecular complexity index is 1250. The molecule has 1 aromatic carbocycles. The molecule has 2 heterocycles. The zero-order valence-electron chi connectivity index (χ0n) is 24.3. The van der Waals surface area contributed by atoms with Crippen LogP contribution < -0.4 is 0 Å². The topological polar surface area (TPSA) is 115 Å². The third kappa shape index (κ3) is 5.38. The van der Waals surface area contributed by atoms with Crippen LogP contribution in [0.5, 0.6) is 0 Å². The van der Waals surface area contributed by atoms with Crippen LogP contribution in [-0.4, -0.2) is 59.4 Å². The summed E-state index contributed by atoms with van der Waals surface area (Å²) < 4.78 is 24.5. The van der Waals surface area contributed by atoms with Crippen LogP contribution in [0.25, 0.3) is 11.4 Å². The second kappa shape index (κ2) is 12.7. The van der Waals surface area contributed by atoms with E-state index in [-0.39, 0.29) is 48.7 Å². The fraction of sp³-hybridized carbons (Fsp3) is 0.400. The van der Waals surface area contributed by atoms with Gasteiger partial charge in [-0.3, -0.25) is 0 Å². The molecule has 0 fully saturated rings. The highest BCUT2D eigenvalue weighted by molar-refractivity contribution is 6.06. The van der Waals surface area contributed by atoms with Crippen LogP contribution in [0.1, 0.15) is 91.9 Å². The number of rotatable bonds is 10. The zero-order valence-corrected chi connectivity index (χ0v) is 24.3. The monoisotopic (exact) mass is 552 g/mol. The first-order valence-electron chi connectivity index (χ1n) is 13.3. The third-order valence-corrected chi connectivity index (χ3v) is 6.57. The van der Waals surface area contributed by atoms with Crippen LogP contribution in [-0.2, 0) is 18.9 Å². The minimum Gasteiger partial charge on any atom is -0.462 e. The average Bonchev–Trinajstić information content (AvgIpc) is 3.33. The third-order valence-electron chi connectivity index (χ3n) is 6.57. The first-order chi connectivity index (χ1) is 19.0. The lowest BCUT2D eigenvalue weighted by Crippen LogP contribution is -2.13. The summed E-state index contributed by atoms with van der Waals surface area (Å²) in [5.74, 6) is -2.40. The molecule has 10 heteroatoms. The minimum atomic E-state index is -0.599. The molecule has 2 aromatic heterocycles. The van der Waals surface area contributed by atoms with Crippen molar-refractivity contribution < 1.29 is 38.1 Å². The zero-order chi connectivity index (χ0) is 29.7. The van der Waals surface area contributed by atoms with Crippen molar-refractivity contribution in [2.45, 2.75) is 55.4 Å². The Hall–Kier alpha value is -4.34. The maximum atomic E-state index is 12.8. The van der Waals surface area contributed by atoms with Gasteiger partial charge < -0.3 is 28.1 Å². The molecule has 0 bridgehead atoms. The lowest BCUT2D eigenvalue weighted by Gasteiger charge is -2.14. The van der Waals surface area contributed by atoms with E-state index in [1.807, 2.05) is 24.3 Å². The maximum Gasteiger partial charge on any atom is 0.340 e. The number of hydrogen-bond donors (Lipinski definition) is 0. The first kappa shape index (κ1) is 30.2. The van der Waals surface area contributed by atoms with E-state index in [4.69, 9.17) is 18.9 Å². The Balaban J connectivity index is 2.18. The highest BCUT2D eigenvalue weighted by Gasteiger charge is 2.31. The molecule has 0 N–H and O–H groups in total. The van der Waals surface area contributed by atoms with Gasteiger partial charge >= 0.3 is 23.9 Å². The Labute approximate surface area is 233 Å². The van der Waals surface area contributed by atoms with Crippen molar-refractivity contribution in [1.29, 1.82) is 0 Å². The molecule has 0 saturated heterocycles. The number of aromatic nitrogens is 2. The molecule has 0 radical (unpaired) electrons. The number of carbonyl (C=O) groups excluding carboxylic acids is 4. The SMILES string of the molecule is CCOC(=O)c1c(C(=O)OCC)c(C)n(-c2ccc(-n3c(C)c(C(=O)OCC)c(C(=O)OCC)c3C)cc2)c1C. The summed E-state index contributed by atoms with van der Waals surface area (Å²) >= 11 is 0. The van der Waals surface area contributed by atoms with Gasteiger partial charge in [-0.25, -0.2) is 19.2 Å². The van der Waals surface area contributed by atoms with Crippen LogP contribution in [0.4, 0.5) is 0 Å². The largest absolute Gasteiger partial charge is 0.462 e. The molecule has 0 aliphatic rings. The van der Waals surface area contributed by atoms with Gasteiger partial charge in [0.2, 0.25) is 0 Å². The Morgan fingerprint density at radius 1 is 0.475 bits per heavy atom. The fourth-order valence-electron chi connectivity index (χ4n) is 5.01. The Morgan fingerprint density at radius 3 is 0.850 bits per heavy atom. The average molecular weight is 553 g/mol. The van der Waals surface area contributed by atoms with E-state index in [9.17, 15) is 19.2 Å². The van der Waals surface area contributed by atoms with Gasteiger partial charge in [-0.15, -0.1) is 0 Å².